The van der Waals surface area contributed by atoms with E-state index in [4.69, 9.17) is 21.1 Å². The first kappa shape index (κ1) is 12.1. The van der Waals surface area contributed by atoms with E-state index in [1.807, 2.05) is 6.07 Å². The number of hydrogen-bond donors (Lipinski definition) is 1. The Balaban J connectivity index is 2.30. The average Bonchev–Trinajstić information content (AvgIpc) is 2.81. The maximum absolute atomic E-state index is 10.6. The first-order valence-corrected chi connectivity index (χ1v) is 6.19. The molecule has 0 radical (unpaired) electrons. The van der Waals surface area contributed by atoms with Crippen LogP contribution < -0.4 is 0 Å². The van der Waals surface area contributed by atoms with Crippen molar-refractivity contribution >= 4 is 28.9 Å². The van der Waals surface area contributed by atoms with Crippen LogP contribution in [0.15, 0.2) is 16.5 Å². The molecule has 0 saturated carbocycles. The number of aliphatic carboxylic acids is 1. The molecule has 2 aromatic heterocycles. The van der Waals surface area contributed by atoms with Crippen LogP contribution in [0.3, 0.4) is 0 Å². The van der Waals surface area contributed by atoms with Crippen molar-refractivity contribution in [3.8, 4) is 10.6 Å². The number of aryl methyl sites for hydroxylation is 2. The van der Waals surface area contributed by atoms with Gasteiger partial charge in [0.25, 0.3) is 0 Å². The predicted octanol–water partition coefficient (Wildman–Crippen LogP) is 3.38. The topological polar surface area (TPSA) is 63.3 Å². The Morgan fingerprint density at radius 1 is 1.59 bits per heavy atom. The highest BCUT2D eigenvalue weighted by molar-refractivity contribution is 7.19. The molecule has 0 amide bonds. The average molecular weight is 272 g/mol. The maximum atomic E-state index is 10.6. The first-order valence-electron chi connectivity index (χ1n) is 5.00. The van der Waals surface area contributed by atoms with E-state index in [1.165, 1.54) is 11.3 Å². The minimum atomic E-state index is -0.853. The molecule has 90 valence electrons. The summed E-state index contributed by atoms with van der Waals surface area (Å²) in [7, 11) is 0. The van der Waals surface area contributed by atoms with Gasteiger partial charge in [-0.15, -0.1) is 11.3 Å². The second kappa shape index (κ2) is 4.89. The van der Waals surface area contributed by atoms with Crippen LogP contribution in [-0.2, 0) is 11.2 Å². The van der Waals surface area contributed by atoms with Gasteiger partial charge in [-0.2, -0.15) is 0 Å². The van der Waals surface area contributed by atoms with E-state index >= 15 is 0 Å². The van der Waals surface area contributed by atoms with E-state index in [-0.39, 0.29) is 6.42 Å². The number of nitrogens with zero attached hydrogens (tertiary/aromatic N) is 1. The molecule has 0 fully saturated rings. The Kier molecular flexibility index (Phi) is 3.49. The number of thiophene rings is 1. The van der Waals surface area contributed by atoms with Crippen LogP contribution in [0.2, 0.25) is 4.34 Å². The summed E-state index contributed by atoms with van der Waals surface area (Å²) in [6.07, 6.45) is 0.363. The summed E-state index contributed by atoms with van der Waals surface area (Å²) in [5, 5.41) is 8.67. The molecular formula is C11H10ClNO3S. The lowest BCUT2D eigenvalue weighted by molar-refractivity contribution is -0.137. The number of rotatable bonds is 4. The van der Waals surface area contributed by atoms with Crippen LogP contribution in [0.25, 0.3) is 10.6 Å². The van der Waals surface area contributed by atoms with E-state index < -0.39 is 5.97 Å². The summed E-state index contributed by atoms with van der Waals surface area (Å²) in [6, 6.07) is 3.64. The normalized spacial score (nSPS) is 10.7. The number of aromatic nitrogens is 1. The highest BCUT2D eigenvalue weighted by Gasteiger charge is 2.15. The summed E-state index contributed by atoms with van der Waals surface area (Å²) in [5.41, 5.74) is 0.695. The monoisotopic (exact) mass is 271 g/mol. The van der Waals surface area contributed by atoms with Crippen molar-refractivity contribution in [3.63, 3.8) is 0 Å². The molecule has 0 unspecified atom stereocenters. The van der Waals surface area contributed by atoms with Crippen LogP contribution >= 0.6 is 22.9 Å². The molecule has 0 bridgehead atoms. The number of carbonyl (C=O) groups is 1. The Morgan fingerprint density at radius 3 is 2.94 bits per heavy atom. The summed E-state index contributed by atoms with van der Waals surface area (Å²) in [5.74, 6) is 0.280. The van der Waals surface area contributed by atoms with E-state index in [0.717, 1.165) is 4.88 Å². The molecule has 0 aliphatic carbocycles. The van der Waals surface area contributed by atoms with Gasteiger partial charge in [0.05, 0.1) is 15.6 Å². The number of hydrogen-bond acceptors (Lipinski definition) is 4. The summed E-state index contributed by atoms with van der Waals surface area (Å²) >= 11 is 7.26. The van der Waals surface area contributed by atoms with Gasteiger partial charge in [-0.05, 0) is 12.1 Å². The Labute approximate surface area is 107 Å². The van der Waals surface area contributed by atoms with Crippen molar-refractivity contribution in [3.05, 3.63) is 28.1 Å². The van der Waals surface area contributed by atoms with Crippen molar-refractivity contribution in [1.82, 2.24) is 4.98 Å². The van der Waals surface area contributed by atoms with Crippen LogP contribution in [0.1, 0.15) is 18.1 Å². The molecule has 2 aromatic rings. The summed E-state index contributed by atoms with van der Waals surface area (Å²) < 4.78 is 6.09. The lowest BCUT2D eigenvalue weighted by Gasteiger charge is -1.96. The zero-order chi connectivity index (χ0) is 12.4. The minimum absolute atomic E-state index is 0.0285. The Morgan fingerprint density at radius 2 is 2.35 bits per heavy atom. The highest BCUT2D eigenvalue weighted by atomic mass is 35.5. The fourth-order valence-electron chi connectivity index (χ4n) is 1.49. The smallest absolute Gasteiger partial charge is 0.303 e. The maximum Gasteiger partial charge on any atom is 0.303 e. The van der Waals surface area contributed by atoms with Crippen LogP contribution in [0.4, 0.5) is 0 Å². The molecule has 0 aliphatic rings. The molecule has 2 heterocycles. The summed E-state index contributed by atoms with van der Waals surface area (Å²) in [4.78, 5) is 15.7. The van der Waals surface area contributed by atoms with Crippen LogP contribution in [-0.4, -0.2) is 16.1 Å². The Bertz CT molecular complexity index is 547. The molecule has 0 atom stereocenters. The number of carboxylic acids is 1. The predicted molar refractivity (Wildman–Crippen MR) is 65.5 cm³/mol. The molecule has 4 nitrogen and oxygen atoms in total. The van der Waals surface area contributed by atoms with E-state index in [1.54, 1.807) is 13.0 Å². The molecule has 2 rings (SSSR count). The summed E-state index contributed by atoms with van der Waals surface area (Å²) in [6.45, 7) is 1.74. The third-order valence-electron chi connectivity index (χ3n) is 2.18. The third-order valence-corrected chi connectivity index (χ3v) is 3.41. The van der Waals surface area contributed by atoms with Gasteiger partial charge in [0, 0.05) is 13.3 Å². The highest BCUT2D eigenvalue weighted by Crippen LogP contribution is 2.33. The molecule has 0 saturated heterocycles. The number of carboxylic acid groups (broad SMARTS) is 1. The van der Waals surface area contributed by atoms with Crippen molar-refractivity contribution < 1.29 is 14.3 Å². The second-order valence-electron chi connectivity index (χ2n) is 3.50. The van der Waals surface area contributed by atoms with Gasteiger partial charge in [0.2, 0.25) is 0 Å². The number of oxazole rings is 1. The quantitative estimate of drug-likeness (QED) is 0.926. The van der Waals surface area contributed by atoms with Crippen molar-refractivity contribution in [2.75, 3.05) is 0 Å². The largest absolute Gasteiger partial charge is 0.481 e. The first-order chi connectivity index (χ1) is 8.06. The lowest BCUT2D eigenvalue weighted by atomic mass is 10.2. The van der Waals surface area contributed by atoms with Gasteiger partial charge < -0.3 is 9.52 Å². The second-order valence-corrected chi connectivity index (χ2v) is 5.22. The van der Waals surface area contributed by atoms with Crippen molar-refractivity contribution in [2.24, 2.45) is 0 Å². The fourth-order valence-corrected chi connectivity index (χ4v) is 2.54. The van der Waals surface area contributed by atoms with Gasteiger partial charge >= 0.3 is 5.97 Å². The minimum Gasteiger partial charge on any atom is -0.481 e. The van der Waals surface area contributed by atoms with Crippen molar-refractivity contribution in [2.45, 2.75) is 19.8 Å². The molecule has 1 N–H and O–H groups in total. The third kappa shape index (κ3) is 2.87. The molecule has 0 aromatic carbocycles. The van der Waals surface area contributed by atoms with Crippen LogP contribution in [0, 0.1) is 6.92 Å². The van der Waals surface area contributed by atoms with Gasteiger partial charge in [0.1, 0.15) is 11.5 Å². The van der Waals surface area contributed by atoms with Crippen LogP contribution in [0.5, 0.6) is 0 Å². The van der Waals surface area contributed by atoms with Gasteiger partial charge in [0.15, 0.2) is 5.89 Å². The van der Waals surface area contributed by atoms with E-state index in [9.17, 15) is 4.79 Å². The van der Waals surface area contributed by atoms with Crippen molar-refractivity contribution in [1.29, 1.82) is 0 Å². The zero-order valence-electron chi connectivity index (χ0n) is 9.07. The fraction of sp³-hybridized carbons (Fsp3) is 0.273. The van der Waals surface area contributed by atoms with Gasteiger partial charge in [-0.25, -0.2) is 4.98 Å². The zero-order valence-corrected chi connectivity index (χ0v) is 10.6. The molecule has 17 heavy (non-hydrogen) atoms. The van der Waals surface area contributed by atoms with E-state index in [2.05, 4.69) is 4.98 Å². The van der Waals surface area contributed by atoms with Gasteiger partial charge in [-0.1, -0.05) is 11.6 Å². The SMILES string of the molecule is Cc1nc(-c2ccc(Cl)s2)c(CCC(=O)O)o1. The van der Waals surface area contributed by atoms with E-state index in [0.29, 0.717) is 28.1 Å². The molecule has 0 aliphatic heterocycles. The standard InChI is InChI=1S/C11H10ClNO3S/c1-6-13-11(8-3-4-9(12)17-8)7(16-6)2-5-10(14)15/h3-4H,2,5H2,1H3,(H,14,15). The lowest BCUT2D eigenvalue weighted by Crippen LogP contribution is -1.97. The van der Waals surface area contributed by atoms with Gasteiger partial charge in [-0.3, -0.25) is 4.79 Å². The number of halogens is 1. The Hall–Kier alpha value is -1.33. The molecular weight excluding hydrogens is 262 g/mol. The molecule has 6 heteroatoms. The molecule has 0 spiro atoms.